The molecule has 3 aromatic rings. The van der Waals surface area contributed by atoms with Crippen molar-refractivity contribution in [2.24, 2.45) is 0 Å². The number of benzene rings is 1. The Morgan fingerprint density at radius 3 is 3.15 bits per heavy atom. The van der Waals surface area contributed by atoms with E-state index in [-0.39, 0.29) is 0 Å². The number of hydrogen-bond acceptors (Lipinski definition) is 4. The Bertz CT molecular complexity index is 759. The molecular weight excluding hydrogens is 320 g/mol. The van der Waals surface area contributed by atoms with Crippen LogP contribution in [0.4, 0.5) is 5.95 Å². The second-order valence-corrected chi connectivity index (χ2v) is 5.96. The number of fused-ring (bicyclic) bond motifs is 1. The van der Waals surface area contributed by atoms with Crippen LogP contribution < -0.4 is 5.32 Å². The topological polar surface area (TPSA) is 66.7 Å². The second-order valence-electron chi connectivity index (χ2n) is 5.04. The summed E-state index contributed by atoms with van der Waals surface area (Å²) in [6.45, 7) is 0.584. The van der Waals surface area contributed by atoms with Gasteiger partial charge in [-0.3, -0.25) is 0 Å². The zero-order chi connectivity index (χ0) is 13.5. The molecule has 0 amide bonds. The highest BCUT2D eigenvalue weighted by Gasteiger charge is 2.28. The van der Waals surface area contributed by atoms with Crippen LogP contribution in [0.15, 0.2) is 33.3 Å². The van der Waals surface area contributed by atoms with Crippen molar-refractivity contribution < 1.29 is 4.42 Å². The third kappa shape index (κ3) is 2.31. The van der Waals surface area contributed by atoms with Crippen LogP contribution in [0.2, 0.25) is 0 Å². The first-order valence-corrected chi connectivity index (χ1v) is 7.41. The van der Waals surface area contributed by atoms with Gasteiger partial charge in [0.05, 0.1) is 23.8 Å². The number of nitrogens with one attached hydrogen (secondary N) is 2. The van der Waals surface area contributed by atoms with Crippen molar-refractivity contribution in [1.29, 1.82) is 0 Å². The van der Waals surface area contributed by atoms with E-state index < -0.39 is 0 Å². The summed E-state index contributed by atoms with van der Waals surface area (Å²) < 4.78 is 6.73. The van der Waals surface area contributed by atoms with Gasteiger partial charge in [-0.2, -0.15) is 0 Å². The van der Waals surface area contributed by atoms with Crippen molar-refractivity contribution in [2.45, 2.75) is 25.3 Å². The molecule has 6 heteroatoms. The molecule has 0 atom stereocenters. The Balaban J connectivity index is 1.48. The lowest BCUT2D eigenvalue weighted by Crippen LogP contribution is -1.99. The highest BCUT2D eigenvalue weighted by atomic mass is 79.9. The van der Waals surface area contributed by atoms with Crippen LogP contribution in [-0.4, -0.2) is 15.0 Å². The van der Waals surface area contributed by atoms with Gasteiger partial charge in [-0.05, 0) is 31.0 Å². The van der Waals surface area contributed by atoms with E-state index in [2.05, 4.69) is 36.2 Å². The molecule has 1 fully saturated rings. The highest BCUT2D eigenvalue weighted by Crippen LogP contribution is 2.39. The van der Waals surface area contributed by atoms with Crippen molar-refractivity contribution in [2.75, 3.05) is 5.32 Å². The number of anilines is 1. The molecule has 0 saturated heterocycles. The van der Waals surface area contributed by atoms with Crippen LogP contribution in [-0.2, 0) is 6.54 Å². The predicted molar refractivity (Wildman–Crippen MR) is 79.6 cm³/mol. The first-order chi connectivity index (χ1) is 9.78. The number of imidazole rings is 1. The van der Waals surface area contributed by atoms with E-state index >= 15 is 0 Å². The molecule has 20 heavy (non-hydrogen) atoms. The minimum atomic E-state index is 0.548. The maximum atomic E-state index is 5.70. The van der Waals surface area contributed by atoms with Crippen molar-refractivity contribution in [3.8, 4) is 0 Å². The molecule has 0 spiro atoms. The maximum Gasteiger partial charge on any atom is 0.201 e. The fourth-order valence-corrected chi connectivity index (χ4v) is 2.52. The molecule has 102 valence electrons. The van der Waals surface area contributed by atoms with E-state index in [4.69, 9.17) is 4.42 Å². The van der Waals surface area contributed by atoms with Gasteiger partial charge in [0.15, 0.2) is 5.89 Å². The zero-order valence-corrected chi connectivity index (χ0v) is 12.3. The van der Waals surface area contributed by atoms with Crippen molar-refractivity contribution in [3.63, 3.8) is 0 Å². The Labute approximate surface area is 123 Å². The molecule has 1 aliphatic carbocycles. The maximum absolute atomic E-state index is 5.70. The fourth-order valence-electron chi connectivity index (χ4n) is 2.16. The monoisotopic (exact) mass is 332 g/mol. The molecule has 1 aromatic carbocycles. The predicted octanol–water partition coefficient (Wildman–Crippen LogP) is 3.80. The van der Waals surface area contributed by atoms with Crippen LogP contribution in [0, 0.1) is 0 Å². The Morgan fingerprint density at radius 1 is 1.40 bits per heavy atom. The summed E-state index contributed by atoms with van der Waals surface area (Å²) in [6, 6.07) is 5.96. The summed E-state index contributed by atoms with van der Waals surface area (Å²) in [5, 5.41) is 3.23. The van der Waals surface area contributed by atoms with Gasteiger partial charge >= 0.3 is 0 Å². The standard InChI is InChI=1S/C14H13BrN4O/c15-9-3-4-11-12(5-9)19-14(18-11)17-7-10-6-16-13(20-10)8-1-2-8/h3-6,8H,1-2,7H2,(H2,17,18,19). The number of H-pyrrole nitrogens is 1. The number of aromatic amines is 1. The molecule has 2 aromatic heterocycles. The summed E-state index contributed by atoms with van der Waals surface area (Å²) in [5.41, 5.74) is 1.94. The molecule has 1 aliphatic rings. The first-order valence-electron chi connectivity index (χ1n) is 6.62. The Hall–Kier alpha value is -1.82. The normalized spacial score (nSPS) is 14.8. The van der Waals surface area contributed by atoms with Crippen LogP contribution in [0.25, 0.3) is 11.0 Å². The van der Waals surface area contributed by atoms with Gasteiger partial charge < -0.3 is 14.7 Å². The third-order valence-electron chi connectivity index (χ3n) is 3.37. The third-order valence-corrected chi connectivity index (χ3v) is 3.87. The summed E-state index contributed by atoms with van der Waals surface area (Å²) in [5.74, 6) is 3.00. The minimum absolute atomic E-state index is 0.548. The van der Waals surface area contributed by atoms with Gasteiger partial charge in [0.2, 0.25) is 5.95 Å². The lowest BCUT2D eigenvalue weighted by atomic mass is 10.3. The Kier molecular flexibility index (Phi) is 2.77. The molecule has 0 radical (unpaired) electrons. The minimum Gasteiger partial charge on any atom is -0.444 e. The van der Waals surface area contributed by atoms with Crippen molar-refractivity contribution in [1.82, 2.24) is 15.0 Å². The van der Waals surface area contributed by atoms with Crippen LogP contribution in [0.5, 0.6) is 0 Å². The number of halogens is 1. The summed E-state index contributed by atoms with van der Waals surface area (Å²) in [4.78, 5) is 12.0. The number of oxazole rings is 1. The van der Waals surface area contributed by atoms with E-state index in [0.717, 1.165) is 33.1 Å². The SMILES string of the molecule is Brc1ccc2nc(NCc3cnc(C4CC4)o3)[nH]c2c1. The average Bonchev–Trinajstić information content (AvgIpc) is 3.04. The lowest BCUT2D eigenvalue weighted by Gasteiger charge is -1.98. The summed E-state index contributed by atoms with van der Waals surface area (Å²) >= 11 is 3.45. The number of aromatic nitrogens is 3. The van der Waals surface area contributed by atoms with E-state index in [1.165, 1.54) is 12.8 Å². The number of hydrogen-bond donors (Lipinski definition) is 2. The van der Waals surface area contributed by atoms with E-state index in [9.17, 15) is 0 Å². The first kappa shape index (κ1) is 12.0. The van der Waals surface area contributed by atoms with Gasteiger partial charge in [0, 0.05) is 10.4 Å². The van der Waals surface area contributed by atoms with Gasteiger partial charge in [-0.15, -0.1) is 0 Å². The molecule has 2 heterocycles. The fraction of sp³-hybridized carbons (Fsp3) is 0.286. The van der Waals surface area contributed by atoms with Crippen LogP contribution in [0.1, 0.15) is 30.4 Å². The second kappa shape index (κ2) is 4.63. The van der Waals surface area contributed by atoms with Gasteiger partial charge in [0.1, 0.15) is 5.76 Å². The van der Waals surface area contributed by atoms with Gasteiger partial charge in [-0.25, -0.2) is 9.97 Å². The van der Waals surface area contributed by atoms with E-state index in [1.807, 2.05) is 18.2 Å². The van der Waals surface area contributed by atoms with E-state index in [1.54, 1.807) is 6.20 Å². The molecule has 0 aliphatic heterocycles. The summed E-state index contributed by atoms with van der Waals surface area (Å²) in [6.07, 6.45) is 4.19. The molecular formula is C14H13BrN4O. The van der Waals surface area contributed by atoms with Gasteiger partial charge in [-0.1, -0.05) is 15.9 Å². The molecule has 0 bridgehead atoms. The molecule has 0 unspecified atom stereocenters. The largest absolute Gasteiger partial charge is 0.444 e. The van der Waals surface area contributed by atoms with Crippen molar-refractivity contribution >= 4 is 32.9 Å². The smallest absolute Gasteiger partial charge is 0.201 e. The number of rotatable bonds is 4. The Morgan fingerprint density at radius 2 is 2.30 bits per heavy atom. The van der Waals surface area contributed by atoms with Crippen LogP contribution >= 0.6 is 15.9 Å². The van der Waals surface area contributed by atoms with Crippen LogP contribution in [0.3, 0.4) is 0 Å². The molecule has 5 nitrogen and oxygen atoms in total. The summed E-state index contributed by atoms with van der Waals surface area (Å²) in [7, 11) is 0. The van der Waals surface area contributed by atoms with Crippen molar-refractivity contribution in [3.05, 3.63) is 40.5 Å². The number of nitrogens with zero attached hydrogens (tertiary/aromatic N) is 2. The zero-order valence-electron chi connectivity index (χ0n) is 10.7. The van der Waals surface area contributed by atoms with E-state index in [0.29, 0.717) is 12.5 Å². The molecule has 1 saturated carbocycles. The highest BCUT2D eigenvalue weighted by molar-refractivity contribution is 9.10. The average molecular weight is 333 g/mol. The molecule has 2 N–H and O–H groups in total. The quantitative estimate of drug-likeness (QED) is 0.762. The van der Waals surface area contributed by atoms with Gasteiger partial charge in [0.25, 0.3) is 0 Å². The molecule has 4 rings (SSSR count). The lowest BCUT2D eigenvalue weighted by molar-refractivity contribution is 0.461.